The van der Waals surface area contributed by atoms with Crippen molar-refractivity contribution >= 4 is 11.8 Å². The highest BCUT2D eigenvalue weighted by molar-refractivity contribution is 5.43. The molecule has 27 heavy (non-hydrogen) atoms. The van der Waals surface area contributed by atoms with Crippen molar-refractivity contribution in [3.05, 3.63) is 59.5 Å². The lowest BCUT2D eigenvalue weighted by Gasteiger charge is -2.32. The second-order valence-electron chi connectivity index (χ2n) is 7.25. The molecule has 0 radical (unpaired) electrons. The SMILES string of the molecule is Cc1cc(N2CCC(Cn3cc(Cc4ccccc4)nn3)CC2)nc(N)n1. The van der Waals surface area contributed by atoms with Gasteiger partial charge in [0.2, 0.25) is 5.95 Å². The van der Waals surface area contributed by atoms with E-state index in [-0.39, 0.29) is 0 Å². The largest absolute Gasteiger partial charge is 0.368 e. The zero-order chi connectivity index (χ0) is 18.6. The number of nitrogens with two attached hydrogens (primary N) is 1. The molecule has 0 spiro atoms. The van der Waals surface area contributed by atoms with Crippen LogP contribution in [0.5, 0.6) is 0 Å². The van der Waals surface area contributed by atoms with E-state index in [0.29, 0.717) is 11.9 Å². The highest BCUT2D eigenvalue weighted by Gasteiger charge is 2.21. The Hall–Kier alpha value is -2.96. The van der Waals surface area contributed by atoms with Crippen LogP contribution in [-0.4, -0.2) is 38.1 Å². The first-order valence-corrected chi connectivity index (χ1v) is 9.45. The number of hydrogen-bond donors (Lipinski definition) is 1. The Balaban J connectivity index is 1.32. The molecule has 3 heterocycles. The van der Waals surface area contributed by atoms with Gasteiger partial charge in [-0.05, 0) is 31.2 Å². The number of benzene rings is 1. The molecule has 2 N–H and O–H groups in total. The van der Waals surface area contributed by atoms with E-state index in [1.807, 2.05) is 23.7 Å². The van der Waals surface area contributed by atoms with Crippen LogP contribution in [0, 0.1) is 12.8 Å². The van der Waals surface area contributed by atoms with Crippen molar-refractivity contribution < 1.29 is 0 Å². The van der Waals surface area contributed by atoms with Gasteiger partial charge < -0.3 is 10.6 Å². The van der Waals surface area contributed by atoms with Crippen LogP contribution in [0.4, 0.5) is 11.8 Å². The van der Waals surface area contributed by atoms with Crippen molar-refractivity contribution in [3.63, 3.8) is 0 Å². The van der Waals surface area contributed by atoms with Crippen LogP contribution in [0.1, 0.15) is 29.8 Å². The van der Waals surface area contributed by atoms with E-state index >= 15 is 0 Å². The minimum absolute atomic E-state index is 0.348. The fourth-order valence-electron chi connectivity index (χ4n) is 3.66. The molecule has 0 amide bonds. The number of piperidine rings is 1. The van der Waals surface area contributed by atoms with Gasteiger partial charge in [-0.3, -0.25) is 4.68 Å². The Kier molecular flexibility index (Phi) is 5.00. The Morgan fingerprint density at radius 3 is 2.63 bits per heavy atom. The third-order valence-electron chi connectivity index (χ3n) is 5.06. The van der Waals surface area contributed by atoms with Gasteiger partial charge in [-0.25, -0.2) is 4.98 Å². The van der Waals surface area contributed by atoms with E-state index in [1.54, 1.807) is 0 Å². The summed E-state index contributed by atoms with van der Waals surface area (Å²) in [6.07, 6.45) is 5.12. The zero-order valence-electron chi connectivity index (χ0n) is 15.6. The van der Waals surface area contributed by atoms with Crippen molar-refractivity contribution in [3.8, 4) is 0 Å². The fourth-order valence-corrected chi connectivity index (χ4v) is 3.66. The molecule has 4 rings (SSSR count). The average molecular weight is 363 g/mol. The molecule has 7 nitrogen and oxygen atoms in total. The van der Waals surface area contributed by atoms with Crippen molar-refractivity contribution in [2.24, 2.45) is 5.92 Å². The number of aromatic nitrogens is 5. The smallest absolute Gasteiger partial charge is 0.222 e. The Bertz CT molecular complexity index is 862. The summed E-state index contributed by atoms with van der Waals surface area (Å²) in [4.78, 5) is 10.8. The van der Waals surface area contributed by atoms with E-state index in [1.165, 1.54) is 5.56 Å². The summed E-state index contributed by atoms with van der Waals surface area (Å²) < 4.78 is 1.99. The molecule has 7 heteroatoms. The molecule has 0 aliphatic carbocycles. The highest BCUT2D eigenvalue weighted by Crippen LogP contribution is 2.23. The van der Waals surface area contributed by atoms with Crippen LogP contribution >= 0.6 is 0 Å². The monoisotopic (exact) mass is 363 g/mol. The van der Waals surface area contributed by atoms with Crippen LogP contribution in [-0.2, 0) is 13.0 Å². The number of nitrogen functional groups attached to an aromatic ring is 1. The molecule has 2 aromatic heterocycles. The maximum atomic E-state index is 5.79. The van der Waals surface area contributed by atoms with Gasteiger partial charge in [0.15, 0.2) is 0 Å². The summed E-state index contributed by atoms with van der Waals surface area (Å²) >= 11 is 0. The number of rotatable bonds is 5. The molecule has 0 saturated carbocycles. The number of hydrogen-bond acceptors (Lipinski definition) is 6. The Morgan fingerprint density at radius 1 is 1.11 bits per heavy atom. The molecule has 3 aromatic rings. The van der Waals surface area contributed by atoms with E-state index in [0.717, 1.165) is 56.1 Å². The van der Waals surface area contributed by atoms with E-state index in [4.69, 9.17) is 5.73 Å². The Morgan fingerprint density at radius 2 is 1.89 bits per heavy atom. The van der Waals surface area contributed by atoms with Gasteiger partial charge in [0.05, 0.1) is 5.69 Å². The second-order valence-corrected chi connectivity index (χ2v) is 7.25. The van der Waals surface area contributed by atoms with Gasteiger partial charge in [0.1, 0.15) is 5.82 Å². The summed E-state index contributed by atoms with van der Waals surface area (Å²) in [6, 6.07) is 12.4. The fraction of sp³-hybridized carbons (Fsp3) is 0.400. The molecule has 1 aromatic carbocycles. The predicted octanol–water partition coefficient (Wildman–Crippen LogP) is 2.47. The molecule has 1 saturated heterocycles. The molecular weight excluding hydrogens is 338 g/mol. The quantitative estimate of drug-likeness (QED) is 0.749. The predicted molar refractivity (Wildman–Crippen MR) is 105 cm³/mol. The van der Waals surface area contributed by atoms with Crippen molar-refractivity contribution in [2.75, 3.05) is 23.7 Å². The van der Waals surface area contributed by atoms with Crippen LogP contribution in [0.25, 0.3) is 0 Å². The highest BCUT2D eigenvalue weighted by atomic mass is 15.4. The molecule has 1 fully saturated rings. The van der Waals surface area contributed by atoms with Gasteiger partial charge in [-0.1, -0.05) is 35.5 Å². The lowest BCUT2D eigenvalue weighted by Crippen LogP contribution is -2.35. The van der Waals surface area contributed by atoms with Gasteiger partial charge in [0.25, 0.3) is 0 Å². The number of aryl methyl sites for hydroxylation is 1. The molecule has 0 atom stereocenters. The summed E-state index contributed by atoms with van der Waals surface area (Å²) in [6.45, 7) is 4.82. The topological polar surface area (TPSA) is 85.8 Å². The number of anilines is 2. The van der Waals surface area contributed by atoms with E-state index in [2.05, 4.69) is 55.6 Å². The van der Waals surface area contributed by atoms with Gasteiger partial charge in [-0.2, -0.15) is 4.98 Å². The van der Waals surface area contributed by atoms with Crippen molar-refractivity contribution in [1.29, 1.82) is 0 Å². The molecule has 140 valence electrons. The maximum Gasteiger partial charge on any atom is 0.222 e. The van der Waals surface area contributed by atoms with E-state index < -0.39 is 0 Å². The van der Waals surface area contributed by atoms with Gasteiger partial charge in [0, 0.05) is 44.0 Å². The van der Waals surface area contributed by atoms with Crippen molar-refractivity contribution in [2.45, 2.75) is 32.7 Å². The normalized spacial score (nSPS) is 15.2. The van der Waals surface area contributed by atoms with Crippen LogP contribution < -0.4 is 10.6 Å². The van der Waals surface area contributed by atoms with Crippen LogP contribution in [0.3, 0.4) is 0 Å². The summed E-state index contributed by atoms with van der Waals surface area (Å²) in [5.74, 6) is 1.89. The molecule has 0 bridgehead atoms. The average Bonchev–Trinajstić information content (AvgIpc) is 3.09. The summed E-state index contributed by atoms with van der Waals surface area (Å²) in [5.41, 5.74) is 8.98. The molecule has 1 aliphatic heterocycles. The molecule has 1 aliphatic rings. The second kappa shape index (κ2) is 7.73. The standard InChI is InChI=1S/C20H25N7/c1-15-11-19(23-20(21)22-15)26-9-7-17(8-10-26)13-27-14-18(24-25-27)12-16-5-3-2-4-6-16/h2-6,11,14,17H,7-10,12-13H2,1H3,(H2,21,22,23). The van der Waals surface area contributed by atoms with Gasteiger partial charge in [-0.15, -0.1) is 5.10 Å². The lowest BCUT2D eigenvalue weighted by molar-refractivity contribution is 0.338. The van der Waals surface area contributed by atoms with E-state index in [9.17, 15) is 0 Å². The molecule has 0 unspecified atom stereocenters. The van der Waals surface area contributed by atoms with Gasteiger partial charge >= 0.3 is 0 Å². The summed E-state index contributed by atoms with van der Waals surface area (Å²) in [7, 11) is 0. The molecular formula is C20H25N7. The Labute approximate surface area is 159 Å². The first-order valence-electron chi connectivity index (χ1n) is 9.45. The first kappa shape index (κ1) is 17.5. The first-order chi connectivity index (χ1) is 13.2. The van der Waals surface area contributed by atoms with Crippen LogP contribution in [0.2, 0.25) is 0 Å². The third kappa shape index (κ3) is 4.42. The van der Waals surface area contributed by atoms with Crippen molar-refractivity contribution in [1.82, 2.24) is 25.0 Å². The van der Waals surface area contributed by atoms with Crippen LogP contribution in [0.15, 0.2) is 42.6 Å². The lowest BCUT2D eigenvalue weighted by atomic mass is 9.97. The third-order valence-corrected chi connectivity index (χ3v) is 5.06. The summed E-state index contributed by atoms with van der Waals surface area (Å²) in [5, 5.41) is 8.65. The maximum absolute atomic E-state index is 5.79. The minimum Gasteiger partial charge on any atom is -0.368 e. The zero-order valence-corrected chi connectivity index (χ0v) is 15.6. The minimum atomic E-state index is 0.348. The number of nitrogens with zero attached hydrogens (tertiary/aromatic N) is 6.